The number of hydrogen-bond donors (Lipinski definition) is 0. The van der Waals surface area contributed by atoms with Crippen molar-refractivity contribution in [2.75, 3.05) is 14.2 Å². The van der Waals surface area contributed by atoms with E-state index in [1.807, 2.05) is 0 Å². The maximum atomic E-state index is 12.6. The van der Waals surface area contributed by atoms with Gasteiger partial charge in [0.25, 0.3) is 0 Å². The predicted molar refractivity (Wildman–Crippen MR) is 88.5 cm³/mol. The largest absolute Gasteiger partial charge is 0.493 e. The van der Waals surface area contributed by atoms with Crippen LogP contribution in [0.2, 0.25) is 0 Å². The molecule has 0 unspecified atom stereocenters. The molecule has 2 aromatic rings. The van der Waals surface area contributed by atoms with Crippen molar-refractivity contribution in [1.29, 1.82) is 0 Å². The summed E-state index contributed by atoms with van der Waals surface area (Å²) in [7, 11) is -1.21. The Morgan fingerprint density at radius 1 is 1.00 bits per heavy atom. The number of ether oxygens (including phenoxy) is 2. The van der Waals surface area contributed by atoms with E-state index >= 15 is 0 Å². The van der Waals surface area contributed by atoms with E-state index in [9.17, 15) is 13.2 Å². The summed E-state index contributed by atoms with van der Waals surface area (Å²) in [6.07, 6.45) is 0. The highest BCUT2D eigenvalue weighted by atomic mass is 32.2. The van der Waals surface area contributed by atoms with Crippen molar-refractivity contribution in [3.05, 3.63) is 47.5 Å². The maximum Gasteiger partial charge on any atom is 0.339 e. The molecule has 0 spiro atoms. The van der Waals surface area contributed by atoms with Crippen LogP contribution in [0, 0.1) is 6.92 Å². The van der Waals surface area contributed by atoms with Gasteiger partial charge in [-0.3, -0.25) is 4.79 Å². The third-order valence-electron chi connectivity index (χ3n) is 3.40. The molecular weight excluding hydrogens is 332 g/mol. The summed E-state index contributed by atoms with van der Waals surface area (Å²) in [4.78, 5) is 11.4. The molecule has 0 radical (unpaired) electrons. The Morgan fingerprint density at radius 3 is 2.21 bits per heavy atom. The molecule has 2 rings (SSSR count). The smallest absolute Gasteiger partial charge is 0.339 e. The summed E-state index contributed by atoms with van der Waals surface area (Å²) in [6, 6.07) is 8.90. The van der Waals surface area contributed by atoms with Crippen LogP contribution in [0.25, 0.3) is 0 Å². The second kappa shape index (κ2) is 6.92. The highest BCUT2D eigenvalue weighted by Crippen LogP contribution is 2.33. The fraction of sp³-hybridized carbons (Fsp3) is 0.235. The van der Waals surface area contributed by atoms with Crippen LogP contribution >= 0.6 is 0 Å². The number of rotatable bonds is 6. The van der Waals surface area contributed by atoms with Crippen molar-refractivity contribution in [3.8, 4) is 17.2 Å². The van der Waals surface area contributed by atoms with E-state index in [4.69, 9.17) is 13.7 Å². The molecule has 0 aliphatic carbocycles. The first kappa shape index (κ1) is 17.8. The molecule has 0 aromatic heterocycles. The molecule has 0 amide bonds. The van der Waals surface area contributed by atoms with E-state index in [2.05, 4.69) is 0 Å². The van der Waals surface area contributed by atoms with Gasteiger partial charge in [0.15, 0.2) is 17.3 Å². The predicted octanol–water partition coefficient (Wildman–Crippen LogP) is 2.98. The van der Waals surface area contributed by atoms with Crippen LogP contribution in [0.4, 0.5) is 0 Å². The summed E-state index contributed by atoms with van der Waals surface area (Å²) in [5, 5.41) is 0. The van der Waals surface area contributed by atoms with Crippen molar-refractivity contribution in [1.82, 2.24) is 0 Å². The molecule has 6 nitrogen and oxygen atoms in total. The van der Waals surface area contributed by atoms with Gasteiger partial charge in [0, 0.05) is 11.6 Å². The minimum atomic E-state index is -4.09. The Hall–Kier alpha value is -2.54. The SMILES string of the molecule is COc1cc(C)c(S(=O)(=O)Oc2cccc(C(C)=O)c2)cc1OC. The highest BCUT2D eigenvalue weighted by Gasteiger charge is 2.22. The first-order chi connectivity index (χ1) is 11.3. The average molecular weight is 350 g/mol. The van der Waals surface area contributed by atoms with Gasteiger partial charge in [-0.05, 0) is 37.6 Å². The first-order valence-electron chi connectivity index (χ1n) is 7.06. The molecule has 0 saturated carbocycles. The number of Topliss-reactive ketones (excluding diaryl/α,β-unsaturated/α-hetero) is 1. The summed E-state index contributed by atoms with van der Waals surface area (Å²) < 4.78 is 40.6. The molecular formula is C17H18O6S. The Kier molecular flexibility index (Phi) is 5.14. The Balaban J connectivity index is 2.44. The number of carbonyl (C=O) groups excluding carboxylic acids is 1. The van der Waals surface area contributed by atoms with E-state index in [-0.39, 0.29) is 22.2 Å². The minimum absolute atomic E-state index is 0.0339. The van der Waals surface area contributed by atoms with Crippen molar-refractivity contribution < 1.29 is 26.9 Å². The van der Waals surface area contributed by atoms with Gasteiger partial charge in [-0.25, -0.2) is 0 Å². The molecule has 0 fully saturated rings. The van der Waals surface area contributed by atoms with Crippen LogP contribution < -0.4 is 13.7 Å². The van der Waals surface area contributed by atoms with Gasteiger partial charge in [0.05, 0.1) is 14.2 Å². The van der Waals surface area contributed by atoms with Gasteiger partial charge < -0.3 is 13.7 Å². The standard InChI is InChI=1S/C17H18O6S/c1-11-8-15(21-3)16(22-4)10-17(11)24(19,20)23-14-7-5-6-13(9-14)12(2)18/h5-10H,1-4H3. The van der Waals surface area contributed by atoms with Gasteiger partial charge in [-0.15, -0.1) is 0 Å². The Labute approximate surface area is 141 Å². The second-order valence-corrected chi connectivity index (χ2v) is 6.61. The zero-order valence-electron chi connectivity index (χ0n) is 13.8. The van der Waals surface area contributed by atoms with Gasteiger partial charge in [0.1, 0.15) is 10.6 Å². The van der Waals surface area contributed by atoms with Gasteiger partial charge >= 0.3 is 10.1 Å². The van der Waals surface area contributed by atoms with Crippen LogP contribution in [0.15, 0.2) is 41.3 Å². The second-order valence-electron chi connectivity index (χ2n) is 5.09. The lowest BCUT2D eigenvalue weighted by Gasteiger charge is -2.13. The van der Waals surface area contributed by atoms with E-state index in [0.29, 0.717) is 16.9 Å². The third-order valence-corrected chi connectivity index (χ3v) is 4.79. The van der Waals surface area contributed by atoms with Crippen molar-refractivity contribution in [2.24, 2.45) is 0 Å². The Bertz CT molecular complexity index is 871. The number of ketones is 1. The lowest BCUT2D eigenvalue weighted by molar-refractivity contribution is 0.101. The monoisotopic (exact) mass is 350 g/mol. The fourth-order valence-electron chi connectivity index (χ4n) is 2.17. The summed E-state index contributed by atoms with van der Waals surface area (Å²) in [5.41, 5.74) is 0.821. The zero-order chi connectivity index (χ0) is 17.9. The number of benzene rings is 2. The van der Waals surface area contributed by atoms with E-state index in [1.54, 1.807) is 25.1 Å². The minimum Gasteiger partial charge on any atom is -0.493 e. The molecule has 128 valence electrons. The third kappa shape index (κ3) is 3.68. The number of aryl methyl sites for hydroxylation is 1. The average Bonchev–Trinajstić information content (AvgIpc) is 2.54. The van der Waals surface area contributed by atoms with E-state index in [0.717, 1.165) is 0 Å². The molecule has 7 heteroatoms. The molecule has 0 N–H and O–H groups in total. The number of hydrogen-bond acceptors (Lipinski definition) is 6. The number of carbonyl (C=O) groups is 1. The van der Waals surface area contributed by atoms with Gasteiger partial charge in [-0.2, -0.15) is 8.42 Å². The van der Waals surface area contributed by atoms with Crippen LogP contribution in [0.5, 0.6) is 17.2 Å². The van der Waals surface area contributed by atoms with Crippen LogP contribution in [-0.4, -0.2) is 28.4 Å². The van der Waals surface area contributed by atoms with Crippen molar-refractivity contribution >= 4 is 15.9 Å². The molecule has 0 aliphatic rings. The quantitative estimate of drug-likeness (QED) is 0.589. The first-order valence-corrected chi connectivity index (χ1v) is 8.47. The Morgan fingerprint density at radius 2 is 1.62 bits per heavy atom. The lowest BCUT2D eigenvalue weighted by Crippen LogP contribution is -2.12. The number of methoxy groups -OCH3 is 2. The maximum absolute atomic E-state index is 12.6. The van der Waals surface area contributed by atoms with E-state index < -0.39 is 10.1 Å². The normalized spacial score (nSPS) is 11.0. The van der Waals surface area contributed by atoms with E-state index in [1.165, 1.54) is 39.3 Å². The highest BCUT2D eigenvalue weighted by molar-refractivity contribution is 7.87. The lowest BCUT2D eigenvalue weighted by atomic mass is 10.1. The summed E-state index contributed by atoms with van der Waals surface area (Å²) >= 11 is 0. The van der Waals surface area contributed by atoms with Gasteiger partial charge in [0.2, 0.25) is 0 Å². The molecule has 0 atom stereocenters. The zero-order valence-corrected chi connectivity index (χ0v) is 14.6. The fourth-order valence-corrected chi connectivity index (χ4v) is 3.32. The summed E-state index contributed by atoms with van der Waals surface area (Å²) in [6.45, 7) is 3.02. The van der Waals surface area contributed by atoms with Crippen molar-refractivity contribution in [3.63, 3.8) is 0 Å². The molecule has 0 saturated heterocycles. The van der Waals surface area contributed by atoms with Gasteiger partial charge in [-0.1, -0.05) is 12.1 Å². The molecule has 2 aromatic carbocycles. The topological polar surface area (TPSA) is 78.9 Å². The van der Waals surface area contributed by atoms with Crippen LogP contribution in [0.1, 0.15) is 22.8 Å². The summed E-state index contributed by atoms with van der Waals surface area (Å²) in [5.74, 6) is 0.590. The molecule has 24 heavy (non-hydrogen) atoms. The molecule has 0 aliphatic heterocycles. The van der Waals surface area contributed by atoms with Crippen molar-refractivity contribution in [2.45, 2.75) is 18.7 Å². The van der Waals surface area contributed by atoms with Crippen LogP contribution in [-0.2, 0) is 10.1 Å². The molecule has 0 heterocycles. The van der Waals surface area contributed by atoms with Crippen LogP contribution in [0.3, 0.4) is 0 Å². The molecule has 0 bridgehead atoms.